The fourth-order valence-corrected chi connectivity index (χ4v) is 4.39. The second-order valence-electron chi connectivity index (χ2n) is 10.5. The number of carbonyl (C=O) groups is 6. The predicted octanol–water partition coefficient (Wildman–Crippen LogP) is -1.99. The minimum atomic E-state index is -0.977. The van der Waals surface area contributed by atoms with Gasteiger partial charge in [-0.1, -0.05) is 26.0 Å². The molecule has 0 aromatic heterocycles. The summed E-state index contributed by atoms with van der Waals surface area (Å²) in [5.41, 5.74) is 11.8. The maximum atomic E-state index is 13.0. The average Bonchev–Trinajstić information content (AvgIpc) is 3.41. The molecule has 1 fully saturated rings. The molecule has 1 heterocycles. The summed E-state index contributed by atoms with van der Waals surface area (Å²) in [6, 6.07) is 2.59. The highest BCUT2D eigenvalue weighted by molar-refractivity contribution is 5.95. The fraction of sp³-hybridized carbons (Fsp3) is 0.556. The van der Waals surface area contributed by atoms with Crippen LogP contribution in [0.1, 0.15) is 45.6 Å². The first-order valence-electron chi connectivity index (χ1n) is 13.6. The molecule has 1 aliphatic heterocycles. The van der Waals surface area contributed by atoms with Gasteiger partial charge in [-0.25, -0.2) is 0 Å². The zero-order valence-electron chi connectivity index (χ0n) is 23.6. The van der Waals surface area contributed by atoms with E-state index < -0.39 is 66.2 Å². The van der Waals surface area contributed by atoms with E-state index >= 15 is 0 Å². The number of nitrogens with two attached hydrogens (primary N) is 2. The minimum absolute atomic E-state index is 0.0565. The Labute approximate surface area is 238 Å². The molecule has 226 valence electrons. The lowest BCUT2D eigenvalue weighted by atomic mass is 10.0. The normalized spacial score (nSPS) is 16.8. The maximum Gasteiger partial charge on any atom is 0.243 e. The van der Waals surface area contributed by atoms with E-state index in [2.05, 4.69) is 21.3 Å². The highest BCUT2D eigenvalue weighted by Crippen LogP contribution is 2.18. The lowest BCUT2D eigenvalue weighted by Crippen LogP contribution is -2.55. The number of nitrogens with zero attached hydrogens (tertiary/aromatic N) is 1. The number of rotatable bonds is 14. The van der Waals surface area contributed by atoms with Gasteiger partial charge in [0, 0.05) is 6.54 Å². The Morgan fingerprint density at radius 2 is 1.59 bits per heavy atom. The van der Waals surface area contributed by atoms with Crippen molar-refractivity contribution in [3.8, 4) is 5.75 Å². The number of benzene rings is 1. The summed E-state index contributed by atoms with van der Waals surface area (Å²) in [5, 5.41) is 19.4. The molecule has 0 bridgehead atoms. The van der Waals surface area contributed by atoms with Gasteiger partial charge in [-0.3, -0.25) is 28.8 Å². The van der Waals surface area contributed by atoms with Crippen LogP contribution in [0.15, 0.2) is 24.3 Å². The largest absolute Gasteiger partial charge is 0.508 e. The molecular weight excluding hydrogens is 534 g/mol. The lowest BCUT2D eigenvalue weighted by molar-refractivity contribution is -0.140. The first-order chi connectivity index (χ1) is 19.3. The number of hydrogen-bond donors (Lipinski definition) is 7. The van der Waals surface area contributed by atoms with E-state index in [0.717, 1.165) is 5.56 Å². The number of phenols is 1. The summed E-state index contributed by atoms with van der Waals surface area (Å²) in [6.45, 7) is 4.75. The monoisotopic (exact) mass is 575 g/mol. The van der Waals surface area contributed by atoms with E-state index in [1.807, 2.05) is 13.8 Å². The molecule has 1 unspecified atom stereocenters. The number of hydrogen-bond acceptors (Lipinski definition) is 8. The molecule has 41 heavy (non-hydrogen) atoms. The summed E-state index contributed by atoms with van der Waals surface area (Å²) in [5.74, 6) is -3.28. The molecule has 1 saturated heterocycles. The van der Waals surface area contributed by atoms with Gasteiger partial charge in [-0.05, 0) is 56.2 Å². The Balaban J connectivity index is 1.88. The van der Waals surface area contributed by atoms with Gasteiger partial charge in [0.05, 0.1) is 19.1 Å². The van der Waals surface area contributed by atoms with E-state index in [-0.39, 0.29) is 24.6 Å². The number of carbonyl (C=O) groups excluding carboxylic acids is 6. The third kappa shape index (κ3) is 10.7. The van der Waals surface area contributed by atoms with Crippen LogP contribution in [0.3, 0.4) is 0 Å². The molecule has 1 aromatic carbocycles. The fourth-order valence-electron chi connectivity index (χ4n) is 4.39. The molecule has 6 amide bonds. The quantitative estimate of drug-likeness (QED) is 0.131. The molecule has 1 aromatic rings. The first-order valence-corrected chi connectivity index (χ1v) is 13.6. The van der Waals surface area contributed by atoms with Crippen LogP contribution in [-0.4, -0.2) is 89.3 Å². The molecule has 0 radical (unpaired) electrons. The molecule has 14 nitrogen and oxygen atoms in total. The minimum Gasteiger partial charge on any atom is -0.508 e. The number of nitrogens with one attached hydrogen (secondary N) is 4. The van der Waals surface area contributed by atoms with Crippen molar-refractivity contribution >= 4 is 35.4 Å². The second kappa shape index (κ2) is 15.6. The number of phenolic OH excluding ortho intramolecular Hbond substituents is 1. The van der Waals surface area contributed by atoms with Crippen molar-refractivity contribution in [3.05, 3.63) is 29.8 Å². The van der Waals surface area contributed by atoms with Gasteiger partial charge in [0.25, 0.3) is 0 Å². The van der Waals surface area contributed by atoms with Crippen LogP contribution in [0.4, 0.5) is 0 Å². The Hall–Kier alpha value is -4.20. The van der Waals surface area contributed by atoms with Crippen molar-refractivity contribution in [1.82, 2.24) is 26.2 Å². The van der Waals surface area contributed by atoms with E-state index in [4.69, 9.17) is 11.5 Å². The zero-order chi connectivity index (χ0) is 30.7. The molecule has 4 atom stereocenters. The van der Waals surface area contributed by atoms with Gasteiger partial charge < -0.3 is 42.7 Å². The van der Waals surface area contributed by atoms with Gasteiger partial charge in [-0.2, -0.15) is 0 Å². The molecule has 14 heteroatoms. The second-order valence-corrected chi connectivity index (χ2v) is 10.5. The molecule has 2 rings (SSSR count). The topological polar surface area (TPSA) is 226 Å². The predicted molar refractivity (Wildman–Crippen MR) is 149 cm³/mol. The van der Waals surface area contributed by atoms with Gasteiger partial charge in [0.1, 0.15) is 23.9 Å². The van der Waals surface area contributed by atoms with E-state index in [1.165, 1.54) is 24.0 Å². The SMILES string of the molecule is CC(C)CC(NC(=O)[C@H]1CCCN1C(=O)CNC(=O)[C@H](C)NC(=O)[C@H](N)Cc1ccc(O)cc1)C(=O)NCC(N)=O. The van der Waals surface area contributed by atoms with Crippen LogP contribution in [0.5, 0.6) is 5.75 Å². The van der Waals surface area contributed by atoms with Crippen molar-refractivity contribution in [2.24, 2.45) is 17.4 Å². The van der Waals surface area contributed by atoms with Crippen LogP contribution >= 0.6 is 0 Å². The van der Waals surface area contributed by atoms with Crippen molar-refractivity contribution in [2.45, 2.75) is 70.6 Å². The van der Waals surface area contributed by atoms with E-state index in [1.54, 1.807) is 12.1 Å². The van der Waals surface area contributed by atoms with E-state index in [0.29, 0.717) is 25.8 Å². The van der Waals surface area contributed by atoms with Crippen LogP contribution in [-0.2, 0) is 35.2 Å². The Morgan fingerprint density at radius 3 is 2.20 bits per heavy atom. The smallest absolute Gasteiger partial charge is 0.243 e. The standard InChI is InChI=1S/C27H41N7O7/c1-15(2)11-20(26(40)30-13-22(29)36)33-27(41)21-5-4-10-34(21)23(37)14-31-24(38)16(3)32-25(39)19(28)12-17-6-8-18(35)9-7-17/h6-9,15-16,19-21,35H,4-5,10-14,28H2,1-3H3,(H2,29,36)(H,30,40)(H,31,38)(H,32,39)(H,33,41)/t16-,19+,20?,21+/m0/s1. The first kappa shape index (κ1) is 33.0. The maximum absolute atomic E-state index is 13.0. The average molecular weight is 576 g/mol. The molecule has 0 saturated carbocycles. The van der Waals surface area contributed by atoms with Crippen molar-refractivity contribution in [3.63, 3.8) is 0 Å². The van der Waals surface area contributed by atoms with Gasteiger partial charge in [0.2, 0.25) is 35.4 Å². The summed E-state index contributed by atoms with van der Waals surface area (Å²) in [7, 11) is 0. The number of likely N-dealkylation sites (tertiary alicyclic amines) is 1. The summed E-state index contributed by atoms with van der Waals surface area (Å²) in [6.07, 6.45) is 1.46. The summed E-state index contributed by atoms with van der Waals surface area (Å²) in [4.78, 5) is 75.8. The van der Waals surface area contributed by atoms with Crippen LogP contribution in [0.2, 0.25) is 0 Å². The van der Waals surface area contributed by atoms with Crippen molar-refractivity contribution < 1.29 is 33.9 Å². The molecular formula is C27H41N7O7. The van der Waals surface area contributed by atoms with Crippen molar-refractivity contribution in [1.29, 1.82) is 0 Å². The van der Waals surface area contributed by atoms with Crippen LogP contribution in [0, 0.1) is 5.92 Å². The summed E-state index contributed by atoms with van der Waals surface area (Å²) < 4.78 is 0. The van der Waals surface area contributed by atoms with Crippen LogP contribution < -0.4 is 32.7 Å². The third-order valence-corrected chi connectivity index (χ3v) is 6.55. The van der Waals surface area contributed by atoms with Crippen LogP contribution in [0.25, 0.3) is 0 Å². The van der Waals surface area contributed by atoms with Gasteiger partial charge in [-0.15, -0.1) is 0 Å². The summed E-state index contributed by atoms with van der Waals surface area (Å²) >= 11 is 0. The van der Waals surface area contributed by atoms with Gasteiger partial charge in [0.15, 0.2) is 0 Å². The highest BCUT2D eigenvalue weighted by Gasteiger charge is 2.36. The van der Waals surface area contributed by atoms with Gasteiger partial charge >= 0.3 is 0 Å². The third-order valence-electron chi connectivity index (χ3n) is 6.55. The molecule has 0 spiro atoms. The Morgan fingerprint density at radius 1 is 0.951 bits per heavy atom. The number of primary amides is 1. The number of amides is 6. The molecule has 9 N–H and O–H groups in total. The number of aromatic hydroxyl groups is 1. The Kier molecular flexibility index (Phi) is 12.5. The lowest BCUT2D eigenvalue weighted by Gasteiger charge is -2.27. The van der Waals surface area contributed by atoms with E-state index in [9.17, 15) is 33.9 Å². The zero-order valence-corrected chi connectivity index (χ0v) is 23.6. The molecule has 1 aliphatic rings. The molecule has 0 aliphatic carbocycles. The van der Waals surface area contributed by atoms with Crippen molar-refractivity contribution in [2.75, 3.05) is 19.6 Å². The Bertz CT molecular complexity index is 1110. The highest BCUT2D eigenvalue weighted by atomic mass is 16.3.